The van der Waals surface area contributed by atoms with Gasteiger partial charge in [0.1, 0.15) is 22.7 Å². The summed E-state index contributed by atoms with van der Waals surface area (Å²) in [6.07, 6.45) is -3.48. The second-order valence-corrected chi connectivity index (χ2v) is 13.2. The van der Waals surface area contributed by atoms with Gasteiger partial charge >= 0.3 is 18.0 Å². The Balaban J connectivity index is 1.37. The van der Waals surface area contributed by atoms with Crippen LogP contribution in [0.25, 0.3) is 0 Å². The molecule has 0 bridgehead atoms. The van der Waals surface area contributed by atoms with E-state index in [1.54, 1.807) is 51.1 Å². The first-order valence-corrected chi connectivity index (χ1v) is 16.3. The predicted octanol–water partition coefficient (Wildman–Crippen LogP) is 4.41. The van der Waals surface area contributed by atoms with Gasteiger partial charge in [-0.25, -0.2) is 9.59 Å². The molecule has 3 amide bonds. The smallest absolute Gasteiger partial charge is 0.409 e. The van der Waals surface area contributed by atoms with Crippen molar-refractivity contribution in [2.45, 2.75) is 56.5 Å². The van der Waals surface area contributed by atoms with Crippen molar-refractivity contribution in [3.8, 4) is 0 Å². The Morgan fingerprint density at radius 3 is 2.02 bits per heavy atom. The highest BCUT2D eigenvalue weighted by molar-refractivity contribution is 8.00. The molecule has 13 heteroatoms. The first-order valence-electron chi connectivity index (χ1n) is 15.2. The van der Waals surface area contributed by atoms with Crippen molar-refractivity contribution in [3.63, 3.8) is 0 Å². The summed E-state index contributed by atoms with van der Waals surface area (Å²) in [6, 6.07) is 25.8. The topological polar surface area (TPSA) is 163 Å². The lowest BCUT2D eigenvalue weighted by atomic mass is 10.00. The van der Waals surface area contributed by atoms with Crippen LogP contribution in [0, 0.1) is 0 Å². The molecule has 0 aliphatic carbocycles. The lowest BCUT2D eigenvalue weighted by Crippen LogP contribution is -2.72. The SMILES string of the molecule is CC(C)(C)OC(=O)N[C@H](Nc1ccccc1)C(=O)N[C@@H]1C(=O)N2C(C(=O)OC(c3ccccc3)c3ccccc3)=C(CC(=O)O)CS[C@@H]12. The first-order chi connectivity index (χ1) is 22.9. The number of esters is 1. The maximum Gasteiger partial charge on any atom is 0.409 e. The second-order valence-electron chi connectivity index (χ2n) is 12.1. The molecule has 3 atom stereocenters. The molecule has 0 unspecified atom stereocenters. The van der Waals surface area contributed by atoms with Gasteiger partial charge in [-0.15, -0.1) is 11.8 Å². The van der Waals surface area contributed by atoms with Crippen LogP contribution in [-0.2, 0) is 28.7 Å². The number of anilines is 1. The highest BCUT2D eigenvalue weighted by atomic mass is 32.2. The molecule has 2 aliphatic heterocycles. The van der Waals surface area contributed by atoms with Crippen molar-refractivity contribution >= 4 is 47.3 Å². The Labute approximate surface area is 281 Å². The van der Waals surface area contributed by atoms with Crippen molar-refractivity contribution < 1.29 is 38.6 Å². The van der Waals surface area contributed by atoms with Gasteiger partial charge < -0.3 is 25.2 Å². The van der Waals surface area contributed by atoms with E-state index < -0.39 is 65.6 Å². The highest BCUT2D eigenvalue weighted by Gasteiger charge is 2.55. The number of carbonyl (C=O) groups is 5. The fourth-order valence-electron chi connectivity index (χ4n) is 5.27. The molecule has 12 nitrogen and oxygen atoms in total. The molecular weight excluding hydrogens is 636 g/mol. The van der Waals surface area contributed by atoms with Gasteiger partial charge in [-0.3, -0.25) is 24.6 Å². The number of hydrogen-bond donors (Lipinski definition) is 4. The van der Waals surface area contributed by atoms with Crippen LogP contribution >= 0.6 is 11.8 Å². The minimum absolute atomic E-state index is 0.112. The van der Waals surface area contributed by atoms with E-state index in [2.05, 4.69) is 16.0 Å². The third-order valence-electron chi connectivity index (χ3n) is 7.34. The Bertz CT molecular complexity index is 1660. The standard InChI is InChI=1S/C35H36N4O8S/c1-35(2,3)47-34(45)38-29(36-24-17-11-6-12-18-24)30(42)37-26-31(43)39-27(23(19-25(40)41)20-48-32(26)39)33(44)46-28(21-13-7-4-8-14-21)22-15-9-5-10-16-22/h4-18,26,28-29,32,36H,19-20H2,1-3H3,(H,37,42)(H,38,45)(H,40,41)/t26-,29+,32+/m1/s1. The number of amides is 3. The van der Waals surface area contributed by atoms with Crippen LogP contribution in [0.3, 0.4) is 0 Å². The number of nitrogens with zero attached hydrogens (tertiary/aromatic N) is 1. The Kier molecular flexibility index (Phi) is 10.4. The number of hydrogen-bond acceptors (Lipinski definition) is 9. The van der Waals surface area contributed by atoms with Crippen LogP contribution in [0.15, 0.2) is 102 Å². The molecule has 3 aromatic rings. The molecule has 0 aromatic heterocycles. The van der Waals surface area contributed by atoms with Crippen molar-refractivity contribution in [2.75, 3.05) is 11.1 Å². The van der Waals surface area contributed by atoms with E-state index in [0.29, 0.717) is 16.8 Å². The van der Waals surface area contributed by atoms with E-state index in [9.17, 15) is 29.1 Å². The van der Waals surface area contributed by atoms with E-state index in [1.807, 2.05) is 60.7 Å². The number of rotatable bonds is 11. The zero-order valence-corrected chi connectivity index (χ0v) is 27.4. The maximum absolute atomic E-state index is 13.9. The van der Waals surface area contributed by atoms with E-state index in [4.69, 9.17) is 9.47 Å². The van der Waals surface area contributed by atoms with E-state index in [-0.39, 0.29) is 17.0 Å². The Morgan fingerprint density at radius 1 is 0.917 bits per heavy atom. The van der Waals surface area contributed by atoms with Crippen molar-refractivity contribution in [1.29, 1.82) is 0 Å². The minimum Gasteiger partial charge on any atom is -0.481 e. The number of ether oxygens (including phenoxy) is 2. The van der Waals surface area contributed by atoms with Gasteiger partial charge in [-0.05, 0) is 49.6 Å². The summed E-state index contributed by atoms with van der Waals surface area (Å²) in [5.41, 5.74) is 1.15. The highest BCUT2D eigenvalue weighted by Crippen LogP contribution is 2.42. The second kappa shape index (κ2) is 14.6. The van der Waals surface area contributed by atoms with Crippen molar-refractivity contribution in [3.05, 3.63) is 113 Å². The zero-order chi connectivity index (χ0) is 34.4. The molecular formula is C35H36N4O8S. The number of carbonyl (C=O) groups excluding carboxylic acids is 4. The largest absolute Gasteiger partial charge is 0.481 e. The summed E-state index contributed by atoms with van der Waals surface area (Å²) in [5.74, 6) is -3.26. The molecule has 2 heterocycles. The fraction of sp³-hybridized carbons (Fsp3) is 0.286. The van der Waals surface area contributed by atoms with Gasteiger partial charge in [0.25, 0.3) is 11.8 Å². The monoisotopic (exact) mass is 672 g/mol. The van der Waals surface area contributed by atoms with Crippen LogP contribution in [0.5, 0.6) is 0 Å². The number of thioether (sulfide) groups is 1. The number of aliphatic carboxylic acids is 1. The number of β-lactam (4-membered cyclic amide) rings is 1. The number of para-hydroxylation sites is 1. The Hall–Kier alpha value is -5.30. The zero-order valence-electron chi connectivity index (χ0n) is 26.5. The molecule has 0 spiro atoms. The van der Waals surface area contributed by atoms with Crippen molar-refractivity contribution in [2.24, 2.45) is 0 Å². The molecule has 250 valence electrons. The Morgan fingerprint density at radius 2 is 1.48 bits per heavy atom. The van der Waals surface area contributed by atoms with Gasteiger partial charge in [-0.2, -0.15) is 0 Å². The lowest BCUT2D eigenvalue weighted by Gasteiger charge is -2.50. The van der Waals surface area contributed by atoms with E-state index in [1.165, 1.54) is 16.7 Å². The summed E-state index contributed by atoms with van der Waals surface area (Å²) < 4.78 is 11.4. The minimum atomic E-state index is -1.32. The van der Waals surface area contributed by atoms with Gasteiger partial charge in [0.05, 0.1) is 6.42 Å². The fourth-order valence-corrected chi connectivity index (χ4v) is 6.61. The molecule has 48 heavy (non-hydrogen) atoms. The summed E-state index contributed by atoms with van der Waals surface area (Å²) >= 11 is 1.22. The van der Waals surface area contributed by atoms with E-state index >= 15 is 0 Å². The maximum atomic E-state index is 13.9. The number of nitrogens with one attached hydrogen (secondary N) is 3. The molecule has 1 saturated heterocycles. The number of carboxylic acids is 1. The van der Waals surface area contributed by atoms with Gasteiger partial charge in [0, 0.05) is 11.4 Å². The first kappa shape index (κ1) is 34.0. The molecule has 1 fully saturated rings. The molecule has 4 N–H and O–H groups in total. The average Bonchev–Trinajstić information content (AvgIpc) is 3.05. The average molecular weight is 673 g/mol. The molecule has 0 saturated carbocycles. The normalized spacial score (nSPS) is 17.8. The number of alkyl carbamates (subject to hydrolysis) is 1. The van der Waals surface area contributed by atoms with Crippen molar-refractivity contribution in [1.82, 2.24) is 15.5 Å². The lowest BCUT2D eigenvalue weighted by molar-refractivity contribution is -0.155. The molecule has 3 aromatic carbocycles. The number of benzene rings is 3. The van der Waals surface area contributed by atoms with Crippen LogP contribution in [0.2, 0.25) is 0 Å². The molecule has 2 aliphatic rings. The van der Waals surface area contributed by atoms with Gasteiger partial charge in [0.15, 0.2) is 12.3 Å². The number of carboxylic acid groups (broad SMARTS) is 1. The van der Waals surface area contributed by atoms with E-state index in [0.717, 1.165) is 0 Å². The summed E-state index contributed by atoms with van der Waals surface area (Å²) in [5, 5.41) is 17.0. The van der Waals surface area contributed by atoms with Gasteiger partial charge in [0.2, 0.25) is 0 Å². The molecule has 0 radical (unpaired) electrons. The predicted molar refractivity (Wildman–Crippen MR) is 178 cm³/mol. The van der Waals surface area contributed by atoms with Crippen LogP contribution in [0.4, 0.5) is 10.5 Å². The van der Waals surface area contributed by atoms with Crippen LogP contribution < -0.4 is 16.0 Å². The summed E-state index contributed by atoms with van der Waals surface area (Å²) in [6.45, 7) is 5.06. The third-order valence-corrected chi connectivity index (χ3v) is 8.68. The number of fused-ring (bicyclic) bond motifs is 1. The quantitative estimate of drug-likeness (QED) is 0.130. The van der Waals surface area contributed by atoms with Crippen LogP contribution in [0.1, 0.15) is 44.4 Å². The van der Waals surface area contributed by atoms with Gasteiger partial charge in [-0.1, -0.05) is 78.9 Å². The summed E-state index contributed by atoms with van der Waals surface area (Å²) in [7, 11) is 0. The summed E-state index contributed by atoms with van der Waals surface area (Å²) in [4.78, 5) is 66.7. The third kappa shape index (κ3) is 8.15. The molecule has 5 rings (SSSR count). The van der Waals surface area contributed by atoms with Crippen LogP contribution in [-0.4, -0.2) is 68.8 Å².